The SMILES string of the molecule is Cn1nc(C(=O)N(Cc2ccc3c(c2)CCO3)C2CCCC2)ccc1=O. The summed E-state index contributed by atoms with van der Waals surface area (Å²) in [6.07, 6.45) is 5.25. The van der Waals surface area contributed by atoms with E-state index >= 15 is 0 Å². The lowest BCUT2D eigenvalue weighted by Gasteiger charge is -2.29. The molecule has 0 bridgehead atoms. The fraction of sp³-hybridized carbons (Fsp3) is 0.450. The Morgan fingerprint density at radius 2 is 2.08 bits per heavy atom. The zero-order valence-electron chi connectivity index (χ0n) is 15.0. The van der Waals surface area contributed by atoms with Gasteiger partial charge in [-0.15, -0.1) is 0 Å². The van der Waals surface area contributed by atoms with Gasteiger partial charge in [-0.2, -0.15) is 5.10 Å². The lowest BCUT2D eigenvalue weighted by Crippen LogP contribution is -2.39. The smallest absolute Gasteiger partial charge is 0.274 e. The van der Waals surface area contributed by atoms with E-state index in [0.717, 1.165) is 50.0 Å². The normalized spacial score (nSPS) is 16.3. The molecular weight excluding hydrogens is 330 g/mol. The first-order valence-corrected chi connectivity index (χ1v) is 9.22. The fourth-order valence-electron chi connectivity index (χ4n) is 3.88. The molecule has 136 valence electrons. The lowest BCUT2D eigenvalue weighted by atomic mass is 10.1. The molecule has 1 aromatic heterocycles. The first-order chi connectivity index (χ1) is 12.6. The molecule has 2 heterocycles. The molecule has 4 rings (SSSR count). The second-order valence-electron chi connectivity index (χ2n) is 7.09. The minimum atomic E-state index is -0.215. The summed E-state index contributed by atoms with van der Waals surface area (Å²) in [4.78, 5) is 26.7. The number of aromatic nitrogens is 2. The van der Waals surface area contributed by atoms with Crippen molar-refractivity contribution in [2.45, 2.75) is 44.7 Å². The van der Waals surface area contributed by atoms with Crippen LogP contribution in [0, 0.1) is 0 Å². The van der Waals surface area contributed by atoms with E-state index in [1.807, 2.05) is 17.0 Å². The average Bonchev–Trinajstić information content (AvgIpc) is 3.32. The van der Waals surface area contributed by atoms with Gasteiger partial charge in [0.25, 0.3) is 11.5 Å². The summed E-state index contributed by atoms with van der Waals surface area (Å²) >= 11 is 0. The van der Waals surface area contributed by atoms with Gasteiger partial charge in [0.2, 0.25) is 0 Å². The van der Waals surface area contributed by atoms with Gasteiger partial charge in [-0.05, 0) is 36.1 Å². The summed E-state index contributed by atoms with van der Waals surface area (Å²) in [5, 5.41) is 4.16. The molecule has 0 unspecified atom stereocenters. The highest BCUT2D eigenvalue weighted by molar-refractivity contribution is 5.92. The van der Waals surface area contributed by atoms with Crippen molar-refractivity contribution in [3.05, 3.63) is 57.5 Å². The summed E-state index contributed by atoms with van der Waals surface area (Å²) in [5.41, 5.74) is 2.43. The van der Waals surface area contributed by atoms with Gasteiger partial charge in [0.15, 0.2) is 0 Å². The Morgan fingerprint density at radius 3 is 2.85 bits per heavy atom. The second-order valence-corrected chi connectivity index (χ2v) is 7.09. The van der Waals surface area contributed by atoms with Gasteiger partial charge in [0, 0.05) is 32.1 Å². The Bertz CT molecular complexity index is 884. The van der Waals surface area contributed by atoms with Crippen molar-refractivity contribution < 1.29 is 9.53 Å². The van der Waals surface area contributed by atoms with Crippen LogP contribution in [0.3, 0.4) is 0 Å². The van der Waals surface area contributed by atoms with Crippen molar-refractivity contribution >= 4 is 5.91 Å². The topological polar surface area (TPSA) is 64.4 Å². The molecule has 0 spiro atoms. The van der Waals surface area contributed by atoms with Gasteiger partial charge >= 0.3 is 0 Å². The first-order valence-electron chi connectivity index (χ1n) is 9.22. The van der Waals surface area contributed by atoms with Crippen LogP contribution in [0.5, 0.6) is 5.75 Å². The molecule has 1 amide bonds. The van der Waals surface area contributed by atoms with Crippen LogP contribution in [0.25, 0.3) is 0 Å². The van der Waals surface area contributed by atoms with E-state index in [0.29, 0.717) is 12.2 Å². The number of ether oxygens (including phenoxy) is 1. The van der Waals surface area contributed by atoms with Crippen molar-refractivity contribution in [3.63, 3.8) is 0 Å². The molecule has 6 heteroatoms. The molecule has 6 nitrogen and oxygen atoms in total. The standard InChI is InChI=1S/C20H23N3O3/c1-22-19(24)9-7-17(21-22)20(25)23(16-4-2-3-5-16)13-14-6-8-18-15(12-14)10-11-26-18/h6-9,12,16H,2-5,10-11,13H2,1H3. The van der Waals surface area contributed by atoms with Crippen molar-refractivity contribution in [1.29, 1.82) is 0 Å². The number of benzene rings is 1. The van der Waals surface area contributed by atoms with Crippen LogP contribution in [0.2, 0.25) is 0 Å². The highest BCUT2D eigenvalue weighted by atomic mass is 16.5. The molecule has 1 saturated carbocycles. The highest BCUT2D eigenvalue weighted by Crippen LogP contribution is 2.29. The Balaban J connectivity index is 1.62. The van der Waals surface area contributed by atoms with Gasteiger partial charge < -0.3 is 9.64 Å². The number of hydrogen-bond acceptors (Lipinski definition) is 4. The maximum absolute atomic E-state index is 13.2. The zero-order chi connectivity index (χ0) is 18.1. The number of aryl methyl sites for hydroxylation is 1. The molecule has 0 N–H and O–H groups in total. The van der Waals surface area contributed by atoms with Crippen LogP contribution in [0.1, 0.15) is 47.3 Å². The van der Waals surface area contributed by atoms with Gasteiger partial charge in [-0.1, -0.05) is 25.0 Å². The molecule has 26 heavy (non-hydrogen) atoms. The third-order valence-corrected chi connectivity index (χ3v) is 5.31. The fourth-order valence-corrected chi connectivity index (χ4v) is 3.88. The summed E-state index contributed by atoms with van der Waals surface area (Å²) < 4.78 is 6.79. The number of carbonyl (C=O) groups excluding carboxylic acids is 1. The largest absolute Gasteiger partial charge is 0.493 e. The minimum Gasteiger partial charge on any atom is -0.493 e. The van der Waals surface area contributed by atoms with E-state index in [1.165, 1.54) is 22.4 Å². The van der Waals surface area contributed by atoms with Gasteiger partial charge in [-0.25, -0.2) is 4.68 Å². The van der Waals surface area contributed by atoms with Crippen LogP contribution < -0.4 is 10.3 Å². The van der Waals surface area contributed by atoms with Gasteiger partial charge in [0.05, 0.1) is 6.61 Å². The van der Waals surface area contributed by atoms with Crippen molar-refractivity contribution in [2.75, 3.05) is 6.61 Å². The predicted octanol–water partition coefficient (Wildman–Crippen LogP) is 2.30. The number of fused-ring (bicyclic) bond motifs is 1. The second kappa shape index (κ2) is 6.94. The Kier molecular flexibility index (Phi) is 4.49. The molecule has 1 fully saturated rings. The lowest BCUT2D eigenvalue weighted by molar-refractivity contribution is 0.0655. The van der Waals surface area contributed by atoms with Gasteiger partial charge in [0.1, 0.15) is 11.4 Å². The zero-order valence-corrected chi connectivity index (χ0v) is 15.0. The van der Waals surface area contributed by atoms with E-state index in [1.54, 1.807) is 7.05 Å². The summed E-state index contributed by atoms with van der Waals surface area (Å²) in [5.74, 6) is 0.844. The number of rotatable bonds is 4. The monoisotopic (exact) mass is 353 g/mol. The third-order valence-electron chi connectivity index (χ3n) is 5.31. The highest BCUT2D eigenvalue weighted by Gasteiger charge is 2.29. The van der Waals surface area contributed by atoms with E-state index in [2.05, 4.69) is 11.2 Å². The average molecular weight is 353 g/mol. The molecule has 0 saturated heterocycles. The first kappa shape index (κ1) is 16.8. The molecule has 2 aliphatic rings. The number of amides is 1. The summed E-state index contributed by atoms with van der Waals surface area (Å²) in [7, 11) is 1.57. The van der Waals surface area contributed by atoms with Crippen LogP contribution in [-0.4, -0.2) is 33.2 Å². The molecule has 1 aliphatic carbocycles. The number of carbonyl (C=O) groups is 1. The maximum Gasteiger partial charge on any atom is 0.274 e. The van der Waals surface area contributed by atoms with E-state index in [9.17, 15) is 9.59 Å². The van der Waals surface area contributed by atoms with Crippen LogP contribution >= 0.6 is 0 Å². The quantitative estimate of drug-likeness (QED) is 0.846. The van der Waals surface area contributed by atoms with Crippen molar-refractivity contribution in [2.24, 2.45) is 7.05 Å². The molecule has 0 radical (unpaired) electrons. The Hall–Kier alpha value is -2.63. The minimum absolute atomic E-state index is 0.107. The van der Waals surface area contributed by atoms with Crippen LogP contribution in [0.4, 0.5) is 0 Å². The van der Waals surface area contributed by atoms with E-state index in [-0.39, 0.29) is 17.5 Å². The van der Waals surface area contributed by atoms with Crippen LogP contribution in [0.15, 0.2) is 35.1 Å². The van der Waals surface area contributed by atoms with Crippen LogP contribution in [-0.2, 0) is 20.0 Å². The van der Waals surface area contributed by atoms with Crippen molar-refractivity contribution in [1.82, 2.24) is 14.7 Å². The van der Waals surface area contributed by atoms with E-state index in [4.69, 9.17) is 4.74 Å². The Morgan fingerprint density at radius 1 is 1.27 bits per heavy atom. The summed E-state index contributed by atoms with van der Waals surface area (Å²) in [6, 6.07) is 9.34. The molecule has 2 aromatic rings. The van der Waals surface area contributed by atoms with Gasteiger partial charge in [-0.3, -0.25) is 9.59 Å². The molecule has 0 atom stereocenters. The number of nitrogens with zero attached hydrogens (tertiary/aromatic N) is 3. The van der Waals surface area contributed by atoms with Crippen molar-refractivity contribution in [3.8, 4) is 5.75 Å². The molecule has 1 aromatic carbocycles. The predicted molar refractivity (Wildman–Crippen MR) is 97.2 cm³/mol. The molecule has 1 aliphatic heterocycles. The molecular formula is C20H23N3O3. The Labute approximate surface area is 152 Å². The third kappa shape index (κ3) is 3.23. The number of hydrogen-bond donors (Lipinski definition) is 0. The summed E-state index contributed by atoms with van der Waals surface area (Å²) in [6.45, 7) is 1.29. The maximum atomic E-state index is 13.2. The van der Waals surface area contributed by atoms with E-state index < -0.39 is 0 Å².